The van der Waals surface area contributed by atoms with E-state index in [0.717, 1.165) is 11.1 Å². The fourth-order valence-corrected chi connectivity index (χ4v) is 2.45. The van der Waals surface area contributed by atoms with Gasteiger partial charge in [-0.05, 0) is 31.2 Å². The second-order valence-electron chi connectivity index (χ2n) is 6.90. The summed E-state index contributed by atoms with van der Waals surface area (Å²) in [6.07, 6.45) is 0.928. The normalized spacial score (nSPS) is 13.2. The lowest BCUT2D eigenvalue weighted by atomic mass is 9.99. The zero-order valence-electron chi connectivity index (χ0n) is 15.3. The van der Waals surface area contributed by atoms with Crippen molar-refractivity contribution in [2.24, 2.45) is 11.8 Å². The molecule has 0 saturated heterocycles. The number of amides is 2. The highest BCUT2D eigenvalue weighted by atomic mass is 16.4. The van der Waals surface area contributed by atoms with Gasteiger partial charge in [0.1, 0.15) is 6.04 Å². The third-order valence-corrected chi connectivity index (χ3v) is 3.87. The largest absolute Gasteiger partial charge is 0.480 e. The summed E-state index contributed by atoms with van der Waals surface area (Å²) < 4.78 is 0. The topological polar surface area (TPSA) is 95.5 Å². The van der Waals surface area contributed by atoms with Crippen LogP contribution in [0.25, 0.3) is 0 Å². The number of carbonyl (C=O) groups is 3. The summed E-state index contributed by atoms with van der Waals surface area (Å²) in [5.41, 5.74) is 2.22. The van der Waals surface area contributed by atoms with Crippen LogP contribution in [0, 0.1) is 18.8 Å². The first-order chi connectivity index (χ1) is 11.7. The van der Waals surface area contributed by atoms with Crippen LogP contribution in [0.3, 0.4) is 0 Å². The van der Waals surface area contributed by atoms with Gasteiger partial charge in [-0.3, -0.25) is 9.59 Å². The number of carboxylic acids is 1. The highest BCUT2D eigenvalue weighted by molar-refractivity contribution is 5.88. The predicted octanol–water partition coefficient (Wildman–Crippen LogP) is 1.91. The Bertz CT molecular complexity index is 596. The molecule has 0 aromatic heterocycles. The molecule has 138 valence electrons. The van der Waals surface area contributed by atoms with E-state index in [1.165, 1.54) is 0 Å². The van der Waals surface area contributed by atoms with Crippen LogP contribution in [0.5, 0.6) is 0 Å². The highest BCUT2D eigenvalue weighted by Gasteiger charge is 2.21. The van der Waals surface area contributed by atoms with Gasteiger partial charge in [-0.25, -0.2) is 4.79 Å². The molecule has 1 aromatic carbocycles. The third-order valence-electron chi connectivity index (χ3n) is 3.87. The lowest BCUT2D eigenvalue weighted by molar-refractivity contribution is -0.142. The molecule has 0 saturated carbocycles. The molecule has 0 radical (unpaired) electrons. The number of carbonyl (C=O) groups excluding carboxylic acids is 2. The zero-order valence-corrected chi connectivity index (χ0v) is 15.3. The number of carboxylic acid groups (broad SMARTS) is 1. The van der Waals surface area contributed by atoms with E-state index in [1.807, 2.05) is 45.0 Å². The number of rotatable bonds is 9. The van der Waals surface area contributed by atoms with Gasteiger partial charge >= 0.3 is 5.97 Å². The van der Waals surface area contributed by atoms with Gasteiger partial charge in [0.25, 0.3) is 0 Å². The standard InChI is InChI=1S/C19H28N2O4/c1-12(2)9-16(19(24)25)21-17(22)11-20-18(23)14(4)10-15-7-5-13(3)6-8-15/h5-8,12,14,16H,9-11H2,1-4H3,(H,20,23)(H,21,22)(H,24,25)/t14?,16-/m0/s1. The van der Waals surface area contributed by atoms with Crippen LogP contribution in [0.4, 0.5) is 0 Å². The minimum atomic E-state index is -1.07. The van der Waals surface area contributed by atoms with Crippen molar-refractivity contribution < 1.29 is 19.5 Å². The van der Waals surface area contributed by atoms with E-state index >= 15 is 0 Å². The SMILES string of the molecule is Cc1ccc(CC(C)C(=O)NCC(=O)N[C@@H](CC(C)C)C(=O)O)cc1. The maximum atomic E-state index is 12.1. The number of benzene rings is 1. The monoisotopic (exact) mass is 348 g/mol. The summed E-state index contributed by atoms with van der Waals surface area (Å²) in [4.78, 5) is 35.1. The van der Waals surface area contributed by atoms with Crippen molar-refractivity contribution in [3.05, 3.63) is 35.4 Å². The van der Waals surface area contributed by atoms with Crippen LogP contribution in [0.2, 0.25) is 0 Å². The van der Waals surface area contributed by atoms with E-state index in [1.54, 1.807) is 6.92 Å². The Hall–Kier alpha value is -2.37. The average molecular weight is 348 g/mol. The first-order valence-corrected chi connectivity index (χ1v) is 8.54. The maximum absolute atomic E-state index is 12.1. The Balaban J connectivity index is 2.44. The zero-order chi connectivity index (χ0) is 19.0. The van der Waals surface area contributed by atoms with Gasteiger partial charge in [0, 0.05) is 5.92 Å². The molecule has 1 aromatic rings. The van der Waals surface area contributed by atoms with Crippen molar-refractivity contribution in [2.45, 2.75) is 46.6 Å². The molecule has 6 heteroatoms. The molecule has 0 spiro atoms. The van der Waals surface area contributed by atoms with Crippen LogP contribution >= 0.6 is 0 Å². The molecule has 0 heterocycles. The van der Waals surface area contributed by atoms with E-state index in [4.69, 9.17) is 5.11 Å². The summed E-state index contributed by atoms with van der Waals surface area (Å²) >= 11 is 0. The molecule has 25 heavy (non-hydrogen) atoms. The summed E-state index contributed by atoms with van der Waals surface area (Å²) in [5, 5.41) is 14.1. The Morgan fingerprint density at radius 2 is 1.68 bits per heavy atom. The highest BCUT2D eigenvalue weighted by Crippen LogP contribution is 2.10. The molecule has 0 aliphatic carbocycles. The minimum Gasteiger partial charge on any atom is -0.480 e. The van der Waals surface area contributed by atoms with Crippen LogP contribution in [-0.2, 0) is 20.8 Å². The summed E-state index contributed by atoms with van der Waals surface area (Å²) in [6.45, 7) is 7.35. The van der Waals surface area contributed by atoms with Crippen molar-refractivity contribution in [1.29, 1.82) is 0 Å². The van der Waals surface area contributed by atoms with E-state index in [9.17, 15) is 14.4 Å². The smallest absolute Gasteiger partial charge is 0.326 e. The number of nitrogens with one attached hydrogen (secondary N) is 2. The Labute approximate surface area is 149 Å². The average Bonchev–Trinajstić information content (AvgIpc) is 2.53. The maximum Gasteiger partial charge on any atom is 0.326 e. The van der Waals surface area contributed by atoms with Gasteiger partial charge in [0.05, 0.1) is 6.54 Å². The predicted molar refractivity (Wildman–Crippen MR) is 96.1 cm³/mol. The van der Waals surface area contributed by atoms with Crippen molar-refractivity contribution in [3.63, 3.8) is 0 Å². The summed E-state index contributed by atoms with van der Waals surface area (Å²) in [5.74, 6) is -1.93. The molecule has 2 atom stereocenters. The van der Waals surface area contributed by atoms with Crippen molar-refractivity contribution in [2.75, 3.05) is 6.54 Å². The molecule has 0 fully saturated rings. The minimum absolute atomic E-state index is 0.144. The second kappa shape index (κ2) is 9.81. The van der Waals surface area contributed by atoms with Crippen LogP contribution in [0.1, 0.15) is 38.3 Å². The molecule has 3 N–H and O–H groups in total. The van der Waals surface area contributed by atoms with Gasteiger partial charge < -0.3 is 15.7 Å². The fraction of sp³-hybridized carbons (Fsp3) is 0.526. The van der Waals surface area contributed by atoms with E-state index in [2.05, 4.69) is 10.6 Å². The number of aliphatic carboxylic acids is 1. The van der Waals surface area contributed by atoms with E-state index in [-0.39, 0.29) is 24.3 Å². The molecule has 0 bridgehead atoms. The van der Waals surface area contributed by atoms with Crippen molar-refractivity contribution in [3.8, 4) is 0 Å². The van der Waals surface area contributed by atoms with Gasteiger partial charge in [-0.15, -0.1) is 0 Å². The molecule has 1 rings (SSSR count). The van der Waals surface area contributed by atoms with Gasteiger partial charge in [-0.2, -0.15) is 0 Å². The Morgan fingerprint density at radius 3 is 2.20 bits per heavy atom. The molecular formula is C19H28N2O4. The molecule has 0 aliphatic rings. The fourth-order valence-electron chi connectivity index (χ4n) is 2.45. The van der Waals surface area contributed by atoms with Crippen molar-refractivity contribution >= 4 is 17.8 Å². The summed E-state index contributed by atoms with van der Waals surface area (Å²) in [7, 11) is 0. The van der Waals surface area contributed by atoms with E-state index in [0.29, 0.717) is 12.8 Å². The van der Waals surface area contributed by atoms with E-state index < -0.39 is 17.9 Å². The van der Waals surface area contributed by atoms with Crippen molar-refractivity contribution in [1.82, 2.24) is 10.6 Å². The van der Waals surface area contributed by atoms with Crippen LogP contribution in [0.15, 0.2) is 24.3 Å². The molecule has 6 nitrogen and oxygen atoms in total. The first kappa shape index (κ1) is 20.7. The second-order valence-corrected chi connectivity index (χ2v) is 6.90. The molecule has 2 amide bonds. The molecule has 1 unspecified atom stereocenters. The van der Waals surface area contributed by atoms with Gasteiger partial charge in [0.15, 0.2) is 0 Å². The van der Waals surface area contributed by atoms with Crippen LogP contribution < -0.4 is 10.6 Å². The summed E-state index contributed by atoms with van der Waals surface area (Å²) in [6, 6.07) is 7.02. The molecule has 0 aliphatic heterocycles. The molecular weight excluding hydrogens is 320 g/mol. The lowest BCUT2D eigenvalue weighted by Gasteiger charge is -2.17. The number of aryl methyl sites for hydroxylation is 1. The van der Waals surface area contributed by atoms with Gasteiger partial charge in [-0.1, -0.05) is 50.6 Å². The Morgan fingerprint density at radius 1 is 1.08 bits per heavy atom. The lowest BCUT2D eigenvalue weighted by Crippen LogP contribution is -2.46. The first-order valence-electron chi connectivity index (χ1n) is 8.54. The van der Waals surface area contributed by atoms with Gasteiger partial charge in [0.2, 0.25) is 11.8 Å². The number of hydrogen-bond donors (Lipinski definition) is 3. The Kier molecular flexibility index (Phi) is 8.11. The van der Waals surface area contributed by atoms with Crippen LogP contribution in [-0.4, -0.2) is 35.5 Å². The third kappa shape index (κ3) is 7.83. The quantitative estimate of drug-likeness (QED) is 0.635. The number of hydrogen-bond acceptors (Lipinski definition) is 3.